The van der Waals surface area contributed by atoms with Crippen molar-refractivity contribution in [1.29, 1.82) is 0 Å². The molecule has 2 N–H and O–H groups in total. The average Bonchev–Trinajstić information content (AvgIpc) is 1.53. The summed E-state index contributed by atoms with van der Waals surface area (Å²) in [6, 6.07) is 0. The molecule has 0 atom stereocenters. The van der Waals surface area contributed by atoms with Gasteiger partial charge in [-0.15, -0.1) is 0 Å². The number of amides is 1. The Balaban J connectivity index is 4.01. The highest BCUT2D eigenvalue weighted by Crippen LogP contribution is 1.81. The summed E-state index contributed by atoms with van der Waals surface area (Å²) in [5.74, 6) is -2.41. The Labute approximate surface area is 63.3 Å². The Bertz CT molecular complexity index is 266. The monoisotopic (exact) mass is 181 g/mol. The number of carboxylic acids is 1. The molecule has 0 aliphatic heterocycles. The Hall–Kier alpha value is -1.11. The fourth-order valence-electron chi connectivity index (χ4n) is 0.380. The van der Waals surface area contributed by atoms with E-state index in [0.29, 0.717) is 0 Å². The van der Waals surface area contributed by atoms with Gasteiger partial charge in [-0.3, -0.25) is 14.3 Å². The smallest absolute Gasteiger partial charge is 0.312 e. The van der Waals surface area contributed by atoms with Crippen molar-refractivity contribution in [2.45, 2.75) is 6.42 Å². The summed E-state index contributed by atoms with van der Waals surface area (Å²) in [5.41, 5.74) is 0. The van der Waals surface area contributed by atoms with Gasteiger partial charge in [0.1, 0.15) is 6.42 Å². The minimum absolute atomic E-state index is 0.771. The van der Waals surface area contributed by atoms with Crippen LogP contribution in [-0.2, 0) is 19.6 Å². The van der Waals surface area contributed by atoms with E-state index in [1.165, 1.54) is 4.72 Å². The van der Waals surface area contributed by atoms with Crippen molar-refractivity contribution < 1.29 is 23.1 Å². The van der Waals surface area contributed by atoms with E-state index in [1.807, 2.05) is 0 Å². The van der Waals surface area contributed by atoms with E-state index in [1.54, 1.807) is 0 Å². The maximum absolute atomic E-state index is 10.4. The predicted molar refractivity (Wildman–Crippen MR) is 35.2 cm³/mol. The lowest BCUT2D eigenvalue weighted by atomic mass is 10.4. The summed E-state index contributed by atoms with van der Waals surface area (Å²) in [4.78, 5) is 20.2. The first-order valence-electron chi connectivity index (χ1n) is 2.53. The predicted octanol–water partition coefficient (Wildman–Crippen LogP) is -1.46. The summed E-state index contributed by atoms with van der Waals surface area (Å²) < 4.78 is 22.1. The van der Waals surface area contributed by atoms with Gasteiger partial charge in [-0.1, -0.05) is 0 Å². The number of carboxylic acid groups (broad SMARTS) is 1. The number of carbonyl (C=O) groups is 2. The fraction of sp³-hybridized carbons (Fsp3) is 0.500. The standard InChI is InChI=1S/C4H7NO5S/c1-11(9,10)5-3(6)2-4(7)8/h2H2,1H3,(H,5,6)(H,7,8). The van der Waals surface area contributed by atoms with Crippen molar-refractivity contribution in [2.75, 3.05) is 6.26 Å². The molecule has 0 aliphatic carbocycles. The maximum Gasteiger partial charge on any atom is 0.312 e. The molecule has 0 fully saturated rings. The van der Waals surface area contributed by atoms with Gasteiger partial charge in [-0.2, -0.15) is 0 Å². The van der Waals surface area contributed by atoms with Gasteiger partial charge in [0, 0.05) is 0 Å². The minimum atomic E-state index is -3.63. The molecule has 64 valence electrons. The molecule has 7 heteroatoms. The zero-order valence-electron chi connectivity index (χ0n) is 5.70. The highest BCUT2D eigenvalue weighted by molar-refractivity contribution is 7.89. The highest BCUT2D eigenvalue weighted by Gasteiger charge is 2.11. The molecular formula is C4H7NO5S. The van der Waals surface area contributed by atoms with Gasteiger partial charge in [0.05, 0.1) is 6.26 Å². The molecule has 11 heavy (non-hydrogen) atoms. The Morgan fingerprint density at radius 3 is 2.18 bits per heavy atom. The van der Waals surface area contributed by atoms with E-state index in [0.717, 1.165) is 6.26 Å². The molecule has 0 saturated heterocycles. The maximum atomic E-state index is 10.4. The molecule has 0 bridgehead atoms. The molecule has 1 amide bonds. The minimum Gasteiger partial charge on any atom is -0.481 e. The van der Waals surface area contributed by atoms with E-state index in [9.17, 15) is 18.0 Å². The van der Waals surface area contributed by atoms with Crippen molar-refractivity contribution in [2.24, 2.45) is 0 Å². The summed E-state index contributed by atoms with van der Waals surface area (Å²) in [6.07, 6.45) is -0.0696. The van der Waals surface area contributed by atoms with Crippen LogP contribution in [0.15, 0.2) is 0 Å². The topological polar surface area (TPSA) is 101 Å². The molecule has 0 heterocycles. The van der Waals surface area contributed by atoms with Crippen LogP contribution in [0.4, 0.5) is 0 Å². The first kappa shape index (κ1) is 9.89. The summed E-state index contributed by atoms with van der Waals surface area (Å²) in [6.45, 7) is 0. The molecule has 0 aliphatic rings. The zero-order chi connectivity index (χ0) is 9.07. The fourth-order valence-corrected chi connectivity index (χ4v) is 0.866. The molecule has 0 aromatic rings. The second-order valence-electron chi connectivity index (χ2n) is 1.87. The number of sulfonamides is 1. The van der Waals surface area contributed by atoms with E-state index in [2.05, 4.69) is 0 Å². The highest BCUT2D eigenvalue weighted by atomic mass is 32.2. The van der Waals surface area contributed by atoms with Crippen molar-refractivity contribution >= 4 is 21.9 Å². The summed E-state index contributed by atoms with van der Waals surface area (Å²) in [7, 11) is -3.63. The van der Waals surface area contributed by atoms with Crippen LogP contribution in [-0.4, -0.2) is 31.7 Å². The molecule has 0 aromatic heterocycles. The zero-order valence-corrected chi connectivity index (χ0v) is 6.51. The third kappa shape index (κ3) is 6.78. The summed E-state index contributed by atoms with van der Waals surface area (Å²) >= 11 is 0. The van der Waals surface area contributed by atoms with Gasteiger partial charge in [0.15, 0.2) is 0 Å². The molecule has 0 aromatic carbocycles. The van der Waals surface area contributed by atoms with Crippen LogP contribution in [0.3, 0.4) is 0 Å². The van der Waals surface area contributed by atoms with Gasteiger partial charge in [-0.05, 0) is 0 Å². The van der Waals surface area contributed by atoms with Crippen molar-refractivity contribution in [3.63, 3.8) is 0 Å². The third-order valence-electron chi connectivity index (χ3n) is 0.611. The van der Waals surface area contributed by atoms with E-state index < -0.39 is 28.3 Å². The molecule has 0 unspecified atom stereocenters. The molecule has 0 spiro atoms. The average molecular weight is 181 g/mol. The number of hydrogen-bond acceptors (Lipinski definition) is 4. The van der Waals surface area contributed by atoms with Gasteiger partial charge in [0.2, 0.25) is 15.9 Å². The van der Waals surface area contributed by atoms with Crippen LogP contribution in [0, 0.1) is 0 Å². The van der Waals surface area contributed by atoms with Crippen LogP contribution in [0.2, 0.25) is 0 Å². The van der Waals surface area contributed by atoms with Gasteiger partial charge >= 0.3 is 5.97 Å². The lowest BCUT2D eigenvalue weighted by molar-refractivity contribution is -0.140. The Morgan fingerprint density at radius 1 is 1.45 bits per heavy atom. The van der Waals surface area contributed by atoms with Gasteiger partial charge in [0.25, 0.3) is 0 Å². The SMILES string of the molecule is CS(=O)(=O)NC(=O)CC(=O)O. The third-order valence-corrected chi connectivity index (χ3v) is 1.21. The normalized spacial score (nSPS) is 10.6. The first-order valence-corrected chi connectivity index (χ1v) is 4.43. The Kier molecular flexibility index (Phi) is 2.99. The second kappa shape index (κ2) is 3.33. The number of hydrogen-bond donors (Lipinski definition) is 2. The van der Waals surface area contributed by atoms with Crippen LogP contribution in [0.1, 0.15) is 6.42 Å². The van der Waals surface area contributed by atoms with Crippen LogP contribution < -0.4 is 4.72 Å². The molecule has 0 rings (SSSR count). The van der Waals surface area contributed by atoms with E-state index >= 15 is 0 Å². The van der Waals surface area contributed by atoms with E-state index in [-0.39, 0.29) is 0 Å². The molecule has 6 nitrogen and oxygen atoms in total. The number of aliphatic carboxylic acids is 1. The molecular weight excluding hydrogens is 174 g/mol. The Morgan fingerprint density at radius 2 is 1.91 bits per heavy atom. The molecule has 0 radical (unpaired) electrons. The lowest BCUT2D eigenvalue weighted by Gasteiger charge is -1.97. The quantitative estimate of drug-likeness (QED) is 0.518. The largest absolute Gasteiger partial charge is 0.481 e. The number of nitrogens with one attached hydrogen (secondary N) is 1. The first-order chi connectivity index (χ1) is 4.81. The van der Waals surface area contributed by atoms with E-state index in [4.69, 9.17) is 5.11 Å². The van der Waals surface area contributed by atoms with Gasteiger partial charge < -0.3 is 5.11 Å². The van der Waals surface area contributed by atoms with Crippen molar-refractivity contribution in [3.8, 4) is 0 Å². The lowest BCUT2D eigenvalue weighted by Crippen LogP contribution is -2.30. The second-order valence-corrected chi connectivity index (χ2v) is 3.62. The van der Waals surface area contributed by atoms with Crippen molar-refractivity contribution in [3.05, 3.63) is 0 Å². The van der Waals surface area contributed by atoms with Crippen LogP contribution in [0.25, 0.3) is 0 Å². The van der Waals surface area contributed by atoms with Crippen LogP contribution >= 0.6 is 0 Å². The van der Waals surface area contributed by atoms with Gasteiger partial charge in [-0.25, -0.2) is 8.42 Å². The van der Waals surface area contributed by atoms with Crippen LogP contribution in [0.5, 0.6) is 0 Å². The number of carbonyl (C=O) groups excluding carboxylic acids is 1. The summed E-state index contributed by atoms with van der Waals surface area (Å²) in [5, 5.41) is 8.03. The molecule has 0 saturated carbocycles. The number of rotatable bonds is 3. The van der Waals surface area contributed by atoms with Crippen molar-refractivity contribution in [1.82, 2.24) is 4.72 Å².